The first kappa shape index (κ1) is 15.8. The Bertz CT molecular complexity index is 319. The first-order chi connectivity index (χ1) is 9.60. The van der Waals surface area contributed by atoms with Crippen LogP contribution in [-0.4, -0.2) is 42.5 Å². The average molecular weight is 281 g/mol. The van der Waals surface area contributed by atoms with Crippen LogP contribution >= 0.6 is 0 Å². The number of carbonyl (C=O) groups excluding carboxylic acids is 1. The lowest BCUT2D eigenvalue weighted by Gasteiger charge is -2.32. The Kier molecular flexibility index (Phi) is 5.85. The van der Waals surface area contributed by atoms with Crippen molar-refractivity contribution < 1.29 is 4.79 Å². The molecule has 0 aliphatic carbocycles. The fourth-order valence-electron chi connectivity index (χ4n) is 3.87. The molecule has 3 atom stereocenters. The Labute approximate surface area is 123 Å². The number of fused-ring (bicyclic) bond motifs is 1. The van der Waals surface area contributed by atoms with Crippen LogP contribution in [0, 0.1) is 11.8 Å². The third kappa shape index (κ3) is 4.19. The summed E-state index contributed by atoms with van der Waals surface area (Å²) < 4.78 is 0. The normalized spacial score (nSPS) is 28.4. The smallest absolute Gasteiger partial charge is 0.220 e. The molecule has 0 aromatic heterocycles. The number of amides is 1. The Balaban J connectivity index is 1.79. The molecule has 20 heavy (non-hydrogen) atoms. The maximum atomic E-state index is 12.2. The van der Waals surface area contributed by atoms with Gasteiger partial charge >= 0.3 is 0 Å². The van der Waals surface area contributed by atoms with Crippen molar-refractivity contribution in [3.05, 3.63) is 0 Å². The molecule has 0 radical (unpaired) electrons. The van der Waals surface area contributed by atoms with E-state index in [9.17, 15) is 4.79 Å². The fourth-order valence-corrected chi connectivity index (χ4v) is 3.87. The van der Waals surface area contributed by atoms with Crippen LogP contribution in [0.5, 0.6) is 0 Å². The molecule has 2 saturated heterocycles. The van der Waals surface area contributed by atoms with Gasteiger partial charge in [-0.05, 0) is 50.6 Å². The summed E-state index contributed by atoms with van der Waals surface area (Å²) in [7, 11) is 0. The first-order valence-corrected chi connectivity index (χ1v) is 8.33. The summed E-state index contributed by atoms with van der Waals surface area (Å²) >= 11 is 0. The Morgan fingerprint density at radius 3 is 2.80 bits per heavy atom. The summed E-state index contributed by atoms with van der Waals surface area (Å²) in [5, 5.41) is 3.28. The third-order valence-corrected chi connectivity index (χ3v) is 4.81. The van der Waals surface area contributed by atoms with Crippen LogP contribution in [0.3, 0.4) is 0 Å². The molecule has 2 fully saturated rings. The number of nitrogens with one attached hydrogen (secondary N) is 1. The predicted octanol–water partition coefficient (Wildman–Crippen LogP) is 1.74. The summed E-state index contributed by atoms with van der Waals surface area (Å²) in [5.74, 6) is 1.15. The second kappa shape index (κ2) is 7.41. The highest BCUT2D eigenvalue weighted by Crippen LogP contribution is 2.27. The molecule has 2 heterocycles. The van der Waals surface area contributed by atoms with E-state index in [0.29, 0.717) is 36.9 Å². The van der Waals surface area contributed by atoms with Crippen LogP contribution in [0.1, 0.15) is 52.4 Å². The van der Waals surface area contributed by atoms with Gasteiger partial charge in [0, 0.05) is 25.0 Å². The minimum atomic E-state index is 0.207. The van der Waals surface area contributed by atoms with Gasteiger partial charge in [0.1, 0.15) is 0 Å². The highest BCUT2D eigenvalue weighted by atomic mass is 16.1. The molecule has 4 heteroatoms. The van der Waals surface area contributed by atoms with E-state index in [1.165, 1.54) is 25.8 Å². The quantitative estimate of drug-likeness (QED) is 0.779. The van der Waals surface area contributed by atoms with E-state index in [0.717, 1.165) is 19.4 Å². The van der Waals surface area contributed by atoms with E-state index in [1.54, 1.807) is 0 Å². The van der Waals surface area contributed by atoms with Gasteiger partial charge < -0.3 is 11.1 Å². The standard InChI is InChI=1S/C16H31N3O/c1-12(2)9-13(11-17)10-16(20)18-14-6-8-19-7-4-3-5-15(14)19/h12-15H,3-11,17H2,1-2H3,(H,18,20)/t13-,14?,15?/m0/s1. The SMILES string of the molecule is CC(C)C[C@H](CN)CC(=O)NC1CCN2CCCCC12. The molecule has 0 spiro atoms. The third-order valence-electron chi connectivity index (χ3n) is 4.81. The zero-order valence-corrected chi connectivity index (χ0v) is 13.1. The van der Waals surface area contributed by atoms with Crippen LogP contribution in [-0.2, 0) is 4.79 Å². The van der Waals surface area contributed by atoms with Gasteiger partial charge in [0.2, 0.25) is 5.91 Å². The van der Waals surface area contributed by atoms with E-state index in [4.69, 9.17) is 5.73 Å². The molecule has 116 valence electrons. The minimum absolute atomic E-state index is 0.207. The lowest BCUT2D eigenvalue weighted by atomic mass is 9.93. The van der Waals surface area contributed by atoms with E-state index in [-0.39, 0.29) is 5.91 Å². The summed E-state index contributed by atoms with van der Waals surface area (Å²) in [6, 6.07) is 0.967. The molecule has 1 amide bonds. The molecule has 2 rings (SSSR count). The largest absolute Gasteiger partial charge is 0.352 e. The van der Waals surface area contributed by atoms with Crippen molar-refractivity contribution >= 4 is 5.91 Å². The highest BCUT2D eigenvalue weighted by Gasteiger charge is 2.36. The molecule has 4 nitrogen and oxygen atoms in total. The van der Waals surface area contributed by atoms with Crippen LogP contribution in [0.2, 0.25) is 0 Å². The van der Waals surface area contributed by atoms with Gasteiger partial charge in [-0.1, -0.05) is 20.3 Å². The van der Waals surface area contributed by atoms with Gasteiger partial charge in [0.25, 0.3) is 0 Å². The average Bonchev–Trinajstić information content (AvgIpc) is 2.81. The van der Waals surface area contributed by atoms with Crippen molar-refractivity contribution in [2.45, 2.75) is 64.5 Å². The van der Waals surface area contributed by atoms with Crippen molar-refractivity contribution in [1.29, 1.82) is 0 Å². The summed E-state index contributed by atoms with van der Waals surface area (Å²) in [6.07, 6.45) is 6.64. The van der Waals surface area contributed by atoms with E-state index in [2.05, 4.69) is 24.1 Å². The summed E-state index contributed by atoms with van der Waals surface area (Å²) in [4.78, 5) is 14.8. The number of nitrogens with two attached hydrogens (primary N) is 1. The number of hydrogen-bond donors (Lipinski definition) is 2. The number of hydrogen-bond acceptors (Lipinski definition) is 3. The molecule has 0 saturated carbocycles. The molecule has 0 aromatic carbocycles. The fraction of sp³-hybridized carbons (Fsp3) is 0.938. The number of piperidine rings is 1. The topological polar surface area (TPSA) is 58.4 Å². The molecule has 0 bridgehead atoms. The maximum Gasteiger partial charge on any atom is 0.220 e. The van der Waals surface area contributed by atoms with Crippen LogP contribution in [0.4, 0.5) is 0 Å². The van der Waals surface area contributed by atoms with Crippen LogP contribution in [0.15, 0.2) is 0 Å². The maximum absolute atomic E-state index is 12.2. The van der Waals surface area contributed by atoms with Crippen LogP contribution in [0.25, 0.3) is 0 Å². The van der Waals surface area contributed by atoms with Crippen molar-refractivity contribution in [3.8, 4) is 0 Å². The summed E-state index contributed by atoms with van der Waals surface area (Å²) in [5.41, 5.74) is 5.80. The van der Waals surface area contributed by atoms with Crippen molar-refractivity contribution in [2.24, 2.45) is 17.6 Å². The lowest BCUT2D eigenvalue weighted by Crippen LogP contribution is -2.47. The Hall–Kier alpha value is -0.610. The number of carbonyl (C=O) groups is 1. The second-order valence-electron chi connectivity index (χ2n) is 7.00. The van der Waals surface area contributed by atoms with E-state index < -0.39 is 0 Å². The van der Waals surface area contributed by atoms with E-state index >= 15 is 0 Å². The first-order valence-electron chi connectivity index (χ1n) is 8.33. The molecular formula is C16H31N3O. The highest BCUT2D eigenvalue weighted by molar-refractivity contribution is 5.76. The van der Waals surface area contributed by atoms with Crippen molar-refractivity contribution in [2.75, 3.05) is 19.6 Å². The predicted molar refractivity (Wildman–Crippen MR) is 82.4 cm³/mol. The van der Waals surface area contributed by atoms with Gasteiger partial charge in [-0.15, -0.1) is 0 Å². The molecule has 0 aromatic rings. The summed E-state index contributed by atoms with van der Waals surface area (Å²) in [6.45, 7) is 7.37. The molecular weight excluding hydrogens is 250 g/mol. The lowest BCUT2D eigenvalue weighted by molar-refractivity contribution is -0.123. The molecule has 3 N–H and O–H groups in total. The monoisotopic (exact) mass is 281 g/mol. The Morgan fingerprint density at radius 1 is 1.30 bits per heavy atom. The zero-order chi connectivity index (χ0) is 14.5. The molecule has 2 aliphatic rings. The number of rotatable bonds is 6. The second-order valence-corrected chi connectivity index (χ2v) is 7.00. The molecule has 2 unspecified atom stereocenters. The number of nitrogens with zero attached hydrogens (tertiary/aromatic N) is 1. The van der Waals surface area contributed by atoms with Gasteiger partial charge in [-0.25, -0.2) is 0 Å². The minimum Gasteiger partial charge on any atom is -0.352 e. The van der Waals surface area contributed by atoms with Gasteiger partial charge in [-0.3, -0.25) is 9.69 Å². The van der Waals surface area contributed by atoms with Gasteiger partial charge in [0.15, 0.2) is 0 Å². The van der Waals surface area contributed by atoms with E-state index in [1.807, 2.05) is 0 Å². The zero-order valence-electron chi connectivity index (χ0n) is 13.1. The van der Waals surface area contributed by atoms with Crippen molar-refractivity contribution in [3.63, 3.8) is 0 Å². The van der Waals surface area contributed by atoms with Gasteiger partial charge in [-0.2, -0.15) is 0 Å². The Morgan fingerprint density at radius 2 is 2.10 bits per heavy atom. The van der Waals surface area contributed by atoms with Gasteiger partial charge in [0.05, 0.1) is 0 Å². The molecule has 2 aliphatic heterocycles. The van der Waals surface area contributed by atoms with Crippen molar-refractivity contribution in [1.82, 2.24) is 10.2 Å². The van der Waals surface area contributed by atoms with Crippen LogP contribution < -0.4 is 11.1 Å².